The zero-order valence-corrected chi connectivity index (χ0v) is 14.1. The molecular formula is C17H23ClN4O. The van der Waals surface area contributed by atoms with Crippen LogP contribution in [-0.2, 0) is 6.54 Å². The summed E-state index contributed by atoms with van der Waals surface area (Å²) >= 11 is 0. The molecule has 1 aromatic heterocycles. The number of halogens is 1. The van der Waals surface area contributed by atoms with Crippen LogP contribution < -0.4 is 5.32 Å². The van der Waals surface area contributed by atoms with Crippen molar-refractivity contribution in [2.24, 2.45) is 5.92 Å². The molecule has 1 saturated heterocycles. The summed E-state index contributed by atoms with van der Waals surface area (Å²) < 4.78 is 1.82. The van der Waals surface area contributed by atoms with Gasteiger partial charge in [-0.15, -0.1) is 12.4 Å². The van der Waals surface area contributed by atoms with Crippen LogP contribution in [0.5, 0.6) is 0 Å². The number of rotatable bonds is 5. The first-order chi connectivity index (χ1) is 10.8. The van der Waals surface area contributed by atoms with Crippen molar-refractivity contribution in [2.75, 3.05) is 26.7 Å². The number of hydrogen-bond acceptors (Lipinski definition) is 3. The van der Waals surface area contributed by atoms with Gasteiger partial charge in [0.2, 0.25) is 0 Å². The molecule has 0 aliphatic carbocycles. The predicted octanol–water partition coefficient (Wildman–Crippen LogP) is 2.03. The summed E-state index contributed by atoms with van der Waals surface area (Å²) in [6.45, 7) is 3.34. The lowest BCUT2D eigenvalue weighted by atomic mass is 10.1. The van der Waals surface area contributed by atoms with Gasteiger partial charge >= 0.3 is 0 Å². The van der Waals surface area contributed by atoms with Gasteiger partial charge in [-0.3, -0.25) is 9.48 Å². The predicted molar refractivity (Wildman–Crippen MR) is 93.0 cm³/mol. The summed E-state index contributed by atoms with van der Waals surface area (Å²) in [4.78, 5) is 14.5. The van der Waals surface area contributed by atoms with Crippen molar-refractivity contribution < 1.29 is 4.79 Å². The minimum atomic E-state index is 0. The number of carbonyl (C=O) groups is 1. The van der Waals surface area contributed by atoms with Crippen LogP contribution in [0.4, 0.5) is 0 Å². The molecule has 0 bridgehead atoms. The van der Waals surface area contributed by atoms with Gasteiger partial charge in [-0.25, -0.2) is 0 Å². The van der Waals surface area contributed by atoms with E-state index in [-0.39, 0.29) is 18.3 Å². The second-order valence-electron chi connectivity index (χ2n) is 5.88. The molecule has 2 aromatic rings. The van der Waals surface area contributed by atoms with Gasteiger partial charge in [-0.2, -0.15) is 5.10 Å². The first kappa shape index (κ1) is 17.5. The molecule has 1 fully saturated rings. The molecule has 1 unspecified atom stereocenters. The van der Waals surface area contributed by atoms with Crippen LogP contribution >= 0.6 is 12.4 Å². The van der Waals surface area contributed by atoms with Gasteiger partial charge < -0.3 is 10.2 Å². The van der Waals surface area contributed by atoms with Crippen LogP contribution in [-0.4, -0.2) is 47.3 Å². The molecule has 0 saturated carbocycles. The summed E-state index contributed by atoms with van der Waals surface area (Å²) in [5, 5.41) is 7.50. The summed E-state index contributed by atoms with van der Waals surface area (Å²) in [5.41, 5.74) is 1.86. The zero-order valence-electron chi connectivity index (χ0n) is 13.3. The van der Waals surface area contributed by atoms with E-state index in [1.54, 1.807) is 6.20 Å². The fourth-order valence-corrected chi connectivity index (χ4v) is 2.99. The van der Waals surface area contributed by atoms with Crippen molar-refractivity contribution in [3.8, 4) is 0 Å². The molecule has 5 nitrogen and oxygen atoms in total. The molecule has 1 aliphatic heterocycles. The summed E-state index contributed by atoms with van der Waals surface area (Å²) in [5.74, 6) is 0.659. The molecule has 6 heteroatoms. The van der Waals surface area contributed by atoms with E-state index in [0.29, 0.717) is 18.0 Å². The Balaban J connectivity index is 0.00000192. The molecule has 124 valence electrons. The lowest BCUT2D eigenvalue weighted by molar-refractivity contribution is 0.0787. The maximum absolute atomic E-state index is 12.5. The SMILES string of the molecule is CNCC1CCN(C(=O)c2cnn(Cc3ccccc3)c2)C1.Cl. The Labute approximate surface area is 143 Å². The van der Waals surface area contributed by atoms with Crippen molar-refractivity contribution in [3.63, 3.8) is 0 Å². The van der Waals surface area contributed by atoms with Crippen LogP contribution in [0.1, 0.15) is 22.3 Å². The fourth-order valence-electron chi connectivity index (χ4n) is 2.99. The molecule has 1 aliphatic rings. The van der Waals surface area contributed by atoms with E-state index in [1.165, 1.54) is 5.56 Å². The Morgan fingerprint density at radius 1 is 1.35 bits per heavy atom. The Morgan fingerprint density at radius 3 is 2.87 bits per heavy atom. The number of amides is 1. The average molecular weight is 335 g/mol. The minimum Gasteiger partial charge on any atom is -0.338 e. The molecule has 1 atom stereocenters. The number of nitrogens with zero attached hydrogens (tertiary/aromatic N) is 3. The van der Waals surface area contributed by atoms with E-state index >= 15 is 0 Å². The quantitative estimate of drug-likeness (QED) is 0.910. The molecule has 0 spiro atoms. The third kappa shape index (κ3) is 4.33. The second-order valence-corrected chi connectivity index (χ2v) is 5.88. The highest BCUT2D eigenvalue weighted by molar-refractivity contribution is 5.93. The van der Waals surface area contributed by atoms with Crippen LogP contribution in [0.25, 0.3) is 0 Å². The molecule has 23 heavy (non-hydrogen) atoms. The highest BCUT2D eigenvalue weighted by atomic mass is 35.5. The van der Waals surface area contributed by atoms with E-state index in [0.717, 1.165) is 26.1 Å². The summed E-state index contributed by atoms with van der Waals surface area (Å²) in [6.07, 6.45) is 4.60. The zero-order chi connectivity index (χ0) is 15.4. The van der Waals surface area contributed by atoms with Gasteiger partial charge in [0.05, 0.1) is 18.3 Å². The highest BCUT2D eigenvalue weighted by Crippen LogP contribution is 2.18. The summed E-state index contributed by atoms with van der Waals surface area (Å²) in [7, 11) is 1.96. The third-order valence-electron chi connectivity index (χ3n) is 4.13. The average Bonchev–Trinajstić information content (AvgIpc) is 3.18. The van der Waals surface area contributed by atoms with Gasteiger partial charge in [-0.1, -0.05) is 30.3 Å². The standard InChI is InChI=1S/C17H22N4O.ClH/c1-18-9-15-7-8-20(11-15)17(22)16-10-19-21(13-16)12-14-5-3-2-4-6-14;/h2-6,10,13,15,18H,7-9,11-12H2,1H3;1H. The first-order valence-corrected chi connectivity index (χ1v) is 7.76. The van der Waals surface area contributed by atoms with E-state index < -0.39 is 0 Å². The fraction of sp³-hybridized carbons (Fsp3) is 0.412. The lowest BCUT2D eigenvalue weighted by Crippen LogP contribution is -2.30. The van der Waals surface area contributed by atoms with Crippen molar-refractivity contribution in [2.45, 2.75) is 13.0 Å². The van der Waals surface area contributed by atoms with Crippen molar-refractivity contribution in [3.05, 3.63) is 53.9 Å². The molecule has 1 N–H and O–H groups in total. The second kappa shape index (κ2) is 8.13. The van der Waals surface area contributed by atoms with E-state index in [1.807, 2.05) is 41.0 Å². The number of carbonyl (C=O) groups excluding carboxylic acids is 1. The minimum absolute atomic E-state index is 0. The Morgan fingerprint density at radius 2 is 2.13 bits per heavy atom. The van der Waals surface area contributed by atoms with Gasteiger partial charge in [0.25, 0.3) is 5.91 Å². The molecule has 3 rings (SSSR count). The van der Waals surface area contributed by atoms with Crippen LogP contribution in [0.15, 0.2) is 42.7 Å². The molecular weight excluding hydrogens is 312 g/mol. The maximum Gasteiger partial charge on any atom is 0.257 e. The number of likely N-dealkylation sites (tertiary alicyclic amines) is 1. The highest BCUT2D eigenvalue weighted by Gasteiger charge is 2.27. The molecule has 1 aromatic carbocycles. The van der Waals surface area contributed by atoms with Crippen LogP contribution in [0, 0.1) is 5.92 Å². The van der Waals surface area contributed by atoms with Gasteiger partial charge in [0.15, 0.2) is 0 Å². The van der Waals surface area contributed by atoms with E-state index in [9.17, 15) is 4.79 Å². The number of nitrogens with one attached hydrogen (secondary N) is 1. The maximum atomic E-state index is 12.5. The topological polar surface area (TPSA) is 50.2 Å². The number of benzene rings is 1. The normalized spacial score (nSPS) is 17.1. The Kier molecular flexibility index (Phi) is 6.19. The van der Waals surface area contributed by atoms with Crippen molar-refractivity contribution >= 4 is 18.3 Å². The smallest absolute Gasteiger partial charge is 0.257 e. The third-order valence-corrected chi connectivity index (χ3v) is 4.13. The van der Waals surface area contributed by atoms with Crippen LogP contribution in [0.3, 0.4) is 0 Å². The van der Waals surface area contributed by atoms with Crippen LogP contribution in [0.2, 0.25) is 0 Å². The number of hydrogen-bond donors (Lipinski definition) is 1. The van der Waals surface area contributed by atoms with Gasteiger partial charge in [0, 0.05) is 19.3 Å². The summed E-state index contributed by atoms with van der Waals surface area (Å²) in [6, 6.07) is 10.1. The lowest BCUT2D eigenvalue weighted by Gasteiger charge is -2.15. The Bertz CT molecular complexity index is 629. The van der Waals surface area contributed by atoms with Crippen molar-refractivity contribution in [1.29, 1.82) is 0 Å². The molecule has 1 amide bonds. The van der Waals surface area contributed by atoms with Crippen molar-refractivity contribution in [1.82, 2.24) is 20.0 Å². The molecule has 2 heterocycles. The monoisotopic (exact) mass is 334 g/mol. The Hall–Kier alpha value is -1.85. The van der Waals surface area contributed by atoms with Gasteiger partial charge in [0.1, 0.15) is 0 Å². The van der Waals surface area contributed by atoms with Gasteiger partial charge in [-0.05, 0) is 31.5 Å². The van der Waals surface area contributed by atoms with E-state index in [2.05, 4.69) is 22.5 Å². The van der Waals surface area contributed by atoms with E-state index in [4.69, 9.17) is 0 Å². The number of aromatic nitrogens is 2. The first-order valence-electron chi connectivity index (χ1n) is 7.76. The molecule has 0 radical (unpaired) electrons. The largest absolute Gasteiger partial charge is 0.338 e.